The van der Waals surface area contributed by atoms with Crippen molar-refractivity contribution in [3.05, 3.63) is 29.8 Å². The fourth-order valence-corrected chi connectivity index (χ4v) is 3.47. The molecule has 0 spiro atoms. The lowest BCUT2D eigenvalue weighted by atomic mass is 10.2. The molecule has 1 saturated heterocycles. The van der Waals surface area contributed by atoms with Gasteiger partial charge in [-0.3, -0.25) is 9.69 Å². The summed E-state index contributed by atoms with van der Waals surface area (Å²) in [7, 11) is -2.93. The molecule has 1 amide bonds. The highest BCUT2D eigenvalue weighted by Crippen LogP contribution is 2.11. The molecule has 114 valence electrons. The van der Waals surface area contributed by atoms with E-state index in [1.807, 2.05) is 4.90 Å². The minimum Gasteiger partial charge on any atom is -0.389 e. The third kappa shape index (κ3) is 4.76. The van der Waals surface area contributed by atoms with E-state index >= 15 is 0 Å². The summed E-state index contributed by atoms with van der Waals surface area (Å²) in [6, 6.07) is 6.99. The first-order valence-corrected chi connectivity index (χ1v) is 8.71. The zero-order chi connectivity index (χ0) is 15.5. The topological polar surface area (TPSA) is 92.5 Å². The van der Waals surface area contributed by atoms with Crippen LogP contribution in [0.15, 0.2) is 24.3 Å². The van der Waals surface area contributed by atoms with Crippen LogP contribution >= 0.6 is 12.2 Å². The number of carbonyl (C=O) groups is 1. The van der Waals surface area contributed by atoms with Crippen molar-refractivity contribution in [2.75, 3.05) is 36.5 Å². The first-order valence-electron chi connectivity index (χ1n) is 6.48. The van der Waals surface area contributed by atoms with Gasteiger partial charge in [-0.1, -0.05) is 24.4 Å². The molecule has 8 heteroatoms. The molecule has 1 aliphatic heterocycles. The molecule has 21 heavy (non-hydrogen) atoms. The number of rotatable bonds is 4. The second-order valence-corrected chi connectivity index (χ2v) is 7.66. The Morgan fingerprint density at radius 1 is 1.33 bits per heavy atom. The Bertz CT molecular complexity index is 644. The molecule has 6 nitrogen and oxygen atoms in total. The van der Waals surface area contributed by atoms with Crippen molar-refractivity contribution >= 4 is 38.6 Å². The lowest BCUT2D eigenvalue weighted by Crippen LogP contribution is -2.43. The number of nitrogens with two attached hydrogens (primary N) is 1. The van der Waals surface area contributed by atoms with E-state index in [2.05, 4.69) is 5.32 Å². The number of hydrogen-bond donors (Lipinski definition) is 2. The van der Waals surface area contributed by atoms with Crippen molar-refractivity contribution in [2.24, 2.45) is 5.73 Å². The number of nitrogens with zero attached hydrogens (tertiary/aromatic N) is 1. The first kappa shape index (κ1) is 15.9. The van der Waals surface area contributed by atoms with Gasteiger partial charge in [0, 0.05) is 24.3 Å². The molecular formula is C13H17N3O3S2. The molecule has 0 unspecified atom stereocenters. The van der Waals surface area contributed by atoms with E-state index in [1.54, 1.807) is 24.3 Å². The molecular weight excluding hydrogens is 310 g/mol. The number of amides is 1. The highest BCUT2D eigenvalue weighted by atomic mass is 32.2. The van der Waals surface area contributed by atoms with Gasteiger partial charge in [0.2, 0.25) is 5.91 Å². The van der Waals surface area contributed by atoms with Crippen LogP contribution in [0.25, 0.3) is 0 Å². The Balaban J connectivity index is 1.90. The van der Waals surface area contributed by atoms with Crippen LogP contribution in [-0.2, 0) is 14.6 Å². The highest BCUT2D eigenvalue weighted by Gasteiger charge is 2.22. The second kappa shape index (κ2) is 6.50. The Morgan fingerprint density at radius 3 is 2.62 bits per heavy atom. The molecule has 0 radical (unpaired) electrons. The molecule has 0 aliphatic carbocycles. The van der Waals surface area contributed by atoms with E-state index in [9.17, 15) is 13.2 Å². The summed E-state index contributed by atoms with van der Waals surface area (Å²) in [5.41, 5.74) is 6.85. The van der Waals surface area contributed by atoms with Crippen molar-refractivity contribution in [2.45, 2.75) is 0 Å². The maximum atomic E-state index is 12.0. The van der Waals surface area contributed by atoms with Gasteiger partial charge < -0.3 is 11.1 Å². The minimum atomic E-state index is -2.93. The third-order valence-corrected chi connectivity index (χ3v) is 5.08. The third-order valence-electron chi connectivity index (χ3n) is 3.24. The molecule has 3 N–H and O–H groups in total. The molecule has 0 bridgehead atoms. The number of nitrogens with one attached hydrogen (secondary N) is 1. The van der Waals surface area contributed by atoms with Crippen LogP contribution in [0, 0.1) is 0 Å². The van der Waals surface area contributed by atoms with Gasteiger partial charge in [0.1, 0.15) is 4.99 Å². The number of hydrogen-bond acceptors (Lipinski definition) is 5. The van der Waals surface area contributed by atoms with Gasteiger partial charge in [-0.2, -0.15) is 0 Å². The van der Waals surface area contributed by atoms with Crippen molar-refractivity contribution in [3.8, 4) is 0 Å². The normalized spacial score (nSPS) is 18.1. The lowest BCUT2D eigenvalue weighted by molar-refractivity contribution is -0.117. The van der Waals surface area contributed by atoms with Gasteiger partial charge in [0.05, 0.1) is 18.1 Å². The fraction of sp³-hybridized carbons (Fsp3) is 0.385. The van der Waals surface area contributed by atoms with Crippen molar-refractivity contribution in [3.63, 3.8) is 0 Å². The number of anilines is 1. The molecule has 1 aromatic carbocycles. The summed E-state index contributed by atoms with van der Waals surface area (Å²) < 4.78 is 22.6. The minimum absolute atomic E-state index is 0.108. The predicted molar refractivity (Wildman–Crippen MR) is 86.1 cm³/mol. The first-order chi connectivity index (χ1) is 9.85. The monoisotopic (exact) mass is 327 g/mol. The number of carbonyl (C=O) groups excluding carboxylic acids is 1. The van der Waals surface area contributed by atoms with Crippen molar-refractivity contribution < 1.29 is 13.2 Å². The second-order valence-electron chi connectivity index (χ2n) is 4.92. The average molecular weight is 327 g/mol. The zero-order valence-corrected chi connectivity index (χ0v) is 13.0. The Kier molecular flexibility index (Phi) is 4.92. The highest BCUT2D eigenvalue weighted by molar-refractivity contribution is 7.91. The van der Waals surface area contributed by atoms with E-state index in [4.69, 9.17) is 18.0 Å². The summed E-state index contributed by atoms with van der Waals surface area (Å²) in [4.78, 5) is 14.1. The van der Waals surface area contributed by atoms with Crippen LogP contribution in [0.1, 0.15) is 5.56 Å². The van der Waals surface area contributed by atoms with E-state index in [0.717, 1.165) is 0 Å². The molecule has 1 aliphatic rings. The molecule has 1 fully saturated rings. The number of thiocarbonyl (C=S) groups is 1. The standard InChI is InChI=1S/C13H17N3O3S2/c14-13(20)10-2-1-3-11(8-10)15-12(17)9-16-4-6-21(18,19)7-5-16/h1-3,8H,4-7,9H2,(H2,14,20)(H,15,17). The van der Waals surface area contributed by atoms with Gasteiger partial charge in [0.25, 0.3) is 0 Å². The van der Waals surface area contributed by atoms with Gasteiger partial charge >= 0.3 is 0 Å². The number of sulfone groups is 1. The smallest absolute Gasteiger partial charge is 0.238 e. The van der Waals surface area contributed by atoms with Gasteiger partial charge in [-0.05, 0) is 12.1 Å². The maximum absolute atomic E-state index is 12.0. The maximum Gasteiger partial charge on any atom is 0.238 e. The molecule has 0 aromatic heterocycles. The van der Waals surface area contributed by atoms with E-state index in [1.165, 1.54) is 0 Å². The van der Waals surface area contributed by atoms with Crippen LogP contribution in [0.4, 0.5) is 5.69 Å². The summed E-state index contributed by atoms with van der Waals surface area (Å²) >= 11 is 4.89. The zero-order valence-electron chi connectivity index (χ0n) is 11.4. The summed E-state index contributed by atoms with van der Waals surface area (Å²) in [6.45, 7) is 0.957. The van der Waals surface area contributed by atoms with Crippen molar-refractivity contribution in [1.82, 2.24) is 4.90 Å². The Labute approximate surface area is 129 Å². The van der Waals surface area contributed by atoms with Crippen molar-refractivity contribution in [1.29, 1.82) is 0 Å². The molecule has 1 heterocycles. The summed E-state index contributed by atoms with van der Waals surface area (Å²) in [5.74, 6) is 0.0309. The SMILES string of the molecule is NC(=S)c1cccc(NC(=O)CN2CCS(=O)(=O)CC2)c1. The molecule has 0 saturated carbocycles. The molecule has 1 aromatic rings. The predicted octanol–water partition coefficient (Wildman–Crippen LogP) is -0.0103. The van der Waals surface area contributed by atoms with Crippen LogP contribution in [-0.4, -0.2) is 55.4 Å². The average Bonchev–Trinajstić information content (AvgIpc) is 2.41. The lowest BCUT2D eigenvalue weighted by Gasteiger charge is -2.25. The van der Waals surface area contributed by atoms with Gasteiger partial charge in [0.15, 0.2) is 9.84 Å². The van der Waals surface area contributed by atoms with E-state index < -0.39 is 9.84 Å². The Hall–Kier alpha value is -1.51. The van der Waals surface area contributed by atoms with E-state index in [-0.39, 0.29) is 28.9 Å². The van der Waals surface area contributed by atoms with Crippen LogP contribution in [0.3, 0.4) is 0 Å². The van der Waals surface area contributed by atoms with Crippen LogP contribution in [0.2, 0.25) is 0 Å². The van der Waals surface area contributed by atoms with Crippen LogP contribution < -0.4 is 11.1 Å². The largest absolute Gasteiger partial charge is 0.389 e. The van der Waals surface area contributed by atoms with Crippen LogP contribution in [0.5, 0.6) is 0 Å². The van der Waals surface area contributed by atoms with Gasteiger partial charge in [-0.25, -0.2) is 8.42 Å². The quantitative estimate of drug-likeness (QED) is 0.756. The fourth-order valence-electron chi connectivity index (χ4n) is 2.06. The van der Waals surface area contributed by atoms with E-state index in [0.29, 0.717) is 24.3 Å². The molecule has 0 atom stereocenters. The number of benzene rings is 1. The Morgan fingerprint density at radius 2 is 2.00 bits per heavy atom. The molecule has 2 rings (SSSR count). The summed E-state index contributed by atoms with van der Waals surface area (Å²) in [5, 5.41) is 2.76. The van der Waals surface area contributed by atoms with Gasteiger partial charge in [-0.15, -0.1) is 0 Å². The summed E-state index contributed by atoms with van der Waals surface area (Å²) in [6.07, 6.45) is 0.